The van der Waals surface area contributed by atoms with Gasteiger partial charge in [-0.2, -0.15) is 0 Å². The molecule has 0 spiro atoms. The average molecular weight is 415 g/mol. The first-order valence-electron chi connectivity index (χ1n) is 10.7. The lowest BCUT2D eigenvalue weighted by atomic mass is 9.86. The Hall–Kier alpha value is -2.83. The number of benzene rings is 1. The Bertz CT molecular complexity index is 818. The van der Waals surface area contributed by atoms with E-state index in [2.05, 4.69) is 10.6 Å². The average Bonchev–Trinajstić information content (AvgIpc) is 2.72. The van der Waals surface area contributed by atoms with Gasteiger partial charge in [0.2, 0.25) is 0 Å². The monoisotopic (exact) mass is 414 g/mol. The van der Waals surface area contributed by atoms with Gasteiger partial charge in [0.05, 0.1) is 13.7 Å². The van der Waals surface area contributed by atoms with Crippen LogP contribution in [0.1, 0.15) is 62.5 Å². The molecule has 7 nitrogen and oxygen atoms in total. The van der Waals surface area contributed by atoms with Crippen molar-refractivity contribution in [3.05, 3.63) is 28.8 Å². The summed E-state index contributed by atoms with van der Waals surface area (Å²) in [7, 11) is 1.56. The number of hydrogen-bond donors (Lipinski definition) is 2. The highest BCUT2D eigenvalue weighted by Gasteiger charge is 2.27. The van der Waals surface area contributed by atoms with Crippen LogP contribution in [-0.4, -0.2) is 31.6 Å². The molecule has 0 bridgehead atoms. The molecule has 0 atom stereocenters. The van der Waals surface area contributed by atoms with Crippen molar-refractivity contribution in [3.63, 3.8) is 0 Å². The maximum absolute atomic E-state index is 11.9. The van der Waals surface area contributed by atoms with Gasteiger partial charge in [-0.3, -0.25) is 20.2 Å². The molecule has 0 aromatic heterocycles. The predicted molar refractivity (Wildman–Crippen MR) is 113 cm³/mol. The van der Waals surface area contributed by atoms with Crippen LogP contribution in [0.3, 0.4) is 0 Å². The van der Waals surface area contributed by atoms with Crippen LogP contribution in [0.5, 0.6) is 11.5 Å². The minimum absolute atomic E-state index is 0.132. The van der Waals surface area contributed by atoms with E-state index in [4.69, 9.17) is 9.47 Å². The number of rotatable bonds is 8. The van der Waals surface area contributed by atoms with Crippen LogP contribution in [0.25, 0.3) is 6.08 Å². The SMILES string of the molecule is COc1cc(C=C2C(=O)NC(=O)NC2=O)cc(C)c1OCCCCC1CCCCC1. The molecule has 2 aliphatic rings. The molecular formula is C23H30N2O5. The zero-order chi connectivity index (χ0) is 21.5. The summed E-state index contributed by atoms with van der Waals surface area (Å²) in [6.45, 7) is 2.52. The maximum atomic E-state index is 11.9. The third-order valence-corrected chi connectivity index (χ3v) is 5.72. The quantitative estimate of drug-likeness (QED) is 0.382. The molecule has 1 aromatic rings. The molecule has 2 N–H and O–H groups in total. The number of barbiturate groups is 1. The van der Waals surface area contributed by atoms with Crippen LogP contribution < -0.4 is 20.1 Å². The Morgan fingerprint density at radius 3 is 2.40 bits per heavy atom. The smallest absolute Gasteiger partial charge is 0.328 e. The highest BCUT2D eigenvalue weighted by atomic mass is 16.5. The second-order valence-corrected chi connectivity index (χ2v) is 8.01. The third kappa shape index (κ3) is 5.62. The molecule has 1 aromatic carbocycles. The Labute approximate surface area is 177 Å². The second kappa shape index (κ2) is 10.3. The van der Waals surface area contributed by atoms with E-state index >= 15 is 0 Å². The van der Waals surface area contributed by atoms with E-state index in [0.29, 0.717) is 23.7 Å². The van der Waals surface area contributed by atoms with Crippen LogP contribution in [0.2, 0.25) is 0 Å². The summed E-state index contributed by atoms with van der Waals surface area (Å²) in [5, 5.41) is 4.13. The maximum Gasteiger partial charge on any atom is 0.328 e. The van der Waals surface area contributed by atoms with E-state index in [0.717, 1.165) is 17.9 Å². The summed E-state index contributed by atoms with van der Waals surface area (Å²) in [5.74, 6) is 0.649. The normalized spacial score (nSPS) is 17.4. The summed E-state index contributed by atoms with van der Waals surface area (Å²) < 4.78 is 11.5. The van der Waals surface area contributed by atoms with E-state index < -0.39 is 17.8 Å². The van der Waals surface area contributed by atoms with Crippen molar-refractivity contribution in [3.8, 4) is 11.5 Å². The van der Waals surface area contributed by atoms with Gasteiger partial charge < -0.3 is 9.47 Å². The van der Waals surface area contributed by atoms with Gasteiger partial charge >= 0.3 is 6.03 Å². The topological polar surface area (TPSA) is 93.7 Å². The Kier molecular flexibility index (Phi) is 7.49. The number of amides is 4. The van der Waals surface area contributed by atoms with Crippen LogP contribution in [0.15, 0.2) is 17.7 Å². The Morgan fingerprint density at radius 1 is 1.03 bits per heavy atom. The van der Waals surface area contributed by atoms with Crippen molar-refractivity contribution in [2.45, 2.75) is 58.3 Å². The van der Waals surface area contributed by atoms with Crippen LogP contribution in [-0.2, 0) is 9.59 Å². The molecule has 3 rings (SSSR count). The fraction of sp³-hybridized carbons (Fsp3) is 0.522. The van der Waals surface area contributed by atoms with Gasteiger partial charge in [-0.15, -0.1) is 0 Å². The number of methoxy groups -OCH3 is 1. The number of nitrogens with one attached hydrogen (secondary N) is 2. The van der Waals surface area contributed by atoms with Gasteiger partial charge in [-0.25, -0.2) is 4.79 Å². The van der Waals surface area contributed by atoms with Gasteiger partial charge in [0, 0.05) is 0 Å². The van der Waals surface area contributed by atoms with Gasteiger partial charge in [-0.05, 0) is 55.0 Å². The molecule has 30 heavy (non-hydrogen) atoms. The third-order valence-electron chi connectivity index (χ3n) is 5.72. The standard InChI is InChI=1S/C23H30N2O5/c1-15-12-17(13-18-21(26)24-23(28)25-22(18)27)14-19(29-2)20(15)30-11-7-6-10-16-8-4-3-5-9-16/h12-14,16H,3-11H2,1-2H3,(H2,24,25,26,27,28). The number of carbonyl (C=O) groups is 3. The molecule has 1 heterocycles. The first-order chi connectivity index (χ1) is 14.5. The number of hydrogen-bond acceptors (Lipinski definition) is 5. The van der Waals surface area contributed by atoms with E-state index in [1.807, 2.05) is 13.0 Å². The number of carbonyl (C=O) groups excluding carboxylic acids is 3. The van der Waals surface area contributed by atoms with E-state index in [-0.39, 0.29) is 5.57 Å². The first-order valence-corrected chi connectivity index (χ1v) is 10.7. The van der Waals surface area contributed by atoms with Crippen LogP contribution >= 0.6 is 0 Å². The lowest BCUT2D eigenvalue weighted by molar-refractivity contribution is -0.123. The fourth-order valence-electron chi connectivity index (χ4n) is 4.15. The zero-order valence-electron chi connectivity index (χ0n) is 17.7. The Balaban J connectivity index is 1.61. The number of imide groups is 2. The fourth-order valence-corrected chi connectivity index (χ4v) is 4.15. The molecule has 0 unspecified atom stereocenters. The van der Waals surface area contributed by atoms with Crippen molar-refractivity contribution in [2.24, 2.45) is 5.92 Å². The number of urea groups is 1. The highest BCUT2D eigenvalue weighted by Crippen LogP contribution is 2.34. The highest BCUT2D eigenvalue weighted by molar-refractivity contribution is 6.31. The van der Waals surface area contributed by atoms with Crippen molar-refractivity contribution in [1.29, 1.82) is 0 Å². The van der Waals surface area contributed by atoms with Gasteiger partial charge in [-0.1, -0.05) is 38.5 Å². The molecular weight excluding hydrogens is 384 g/mol. The summed E-state index contributed by atoms with van der Waals surface area (Å²) in [6.07, 6.45) is 11.7. The van der Waals surface area contributed by atoms with Crippen molar-refractivity contribution >= 4 is 23.9 Å². The molecule has 0 radical (unpaired) electrons. The van der Waals surface area contributed by atoms with E-state index in [1.54, 1.807) is 13.2 Å². The van der Waals surface area contributed by atoms with Crippen LogP contribution in [0, 0.1) is 12.8 Å². The first kappa shape index (κ1) is 21.9. The second-order valence-electron chi connectivity index (χ2n) is 8.01. The number of ether oxygens (including phenoxy) is 2. The van der Waals surface area contributed by atoms with Gasteiger partial charge in [0.25, 0.3) is 11.8 Å². The molecule has 4 amide bonds. The lowest BCUT2D eigenvalue weighted by Gasteiger charge is -2.21. The van der Waals surface area contributed by atoms with Crippen LogP contribution in [0.4, 0.5) is 4.79 Å². The zero-order valence-corrected chi connectivity index (χ0v) is 17.7. The van der Waals surface area contributed by atoms with E-state index in [9.17, 15) is 14.4 Å². The summed E-state index contributed by atoms with van der Waals surface area (Å²) in [6, 6.07) is 2.72. The molecule has 2 fully saturated rings. The molecule has 7 heteroatoms. The molecule has 1 aliphatic heterocycles. The molecule has 1 aliphatic carbocycles. The summed E-state index contributed by atoms with van der Waals surface area (Å²) >= 11 is 0. The predicted octanol–water partition coefficient (Wildman–Crippen LogP) is 3.88. The number of unbranched alkanes of at least 4 members (excludes halogenated alkanes) is 1. The molecule has 1 saturated carbocycles. The van der Waals surface area contributed by atoms with Crippen molar-refractivity contribution in [1.82, 2.24) is 10.6 Å². The largest absolute Gasteiger partial charge is 0.493 e. The molecule has 162 valence electrons. The van der Waals surface area contributed by atoms with Crippen molar-refractivity contribution in [2.75, 3.05) is 13.7 Å². The Morgan fingerprint density at radius 2 is 1.73 bits per heavy atom. The molecule has 1 saturated heterocycles. The van der Waals surface area contributed by atoms with E-state index in [1.165, 1.54) is 51.0 Å². The van der Waals surface area contributed by atoms with Gasteiger partial charge in [0.1, 0.15) is 5.57 Å². The van der Waals surface area contributed by atoms with Gasteiger partial charge in [0.15, 0.2) is 11.5 Å². The number of aryl methyl sites for hydroxylation is 1. The minimum Gasteiger partial charge on any atom is -0.493 e. The summed E-state index contributed by atoms with van der Waals surface area (Å²) in [4.78, 5) is 35.0. The van der Waals surface area contributed by atoms with Crippen molar-refractivity contribution < 1.29 is 23.9 Å². The minimum atomic E-state index is -0.817. The lowest BCUT2D eigenvalue weighted by Crippen LogP contribution is -2.51. The summed E-state index contributed by atoms with van der Waals surface area (Å²) in [5.41, 5.74) is 1.33.